The summed E-state index contributed by atoms with van der Waals surface area (Å²) in [4.78, 5) is 45.9. The first-order valence-corrected chi connectivity index (χ1v) is 17.9. The zero-order chi connectivity index (χ0) is 36.3. The van der Waals surface area contributed by atoms with Crippen molar-refractivity contribution in [3.8, 4) is 22.8 Å². The van der Waals surface area contributed by atoms with Crippen LogP contribution in [0.1, 0.15) is 26.7 Å². The van der Waals surface area contributed by atoms with Gasteiger partial charge in [0.05, 0.1) is 19.9 Å². The monoisotopic (exact) mass is 726 g/mol. The van der Waals surface area contributed by atoms with Crippen LogP contribution >= 0.6 is 23.1 Å². The number of carbonyl (C=O) groups is 3. The second-order valence-corrected chi connectivity index (χ2v) is 13.3. The number of nitrogens with one attached hydrogen (secondary N) is 3. The van der Waals surface area contributed by atoms with Crippen LogP contribution in [0, 0.1) is 0 Å². The summed E-state index contributed by atoms with van der Waals surface area (Å²) < 4.78 is 10.7. The van der Waals surface area contributed by atoms with Crippen molar-refractivity contribution in [3.05, 3.63) is 161 Å². The number of para-hydroxylation sites is 1. The fourth-order valence-electron chi connectivity index (χ4n) is 5.13. The largest absolute Gasteiger partial charge is 0.497 e. The highest BCUT2D eigenvalue weighted by molar-refractivity contribution is 8.00. The van der Waals surface area contributed by atoms with E-state index in [9.17, 15) is 14.4 Å². The van der Waals surface area contributed by atoms with Crippen LogP contribution < -0.4 is 25.4 Å². The lowest BCUT2D eigenvalue weighted by Crippen LogP contribution is -2.30. The van der Waals surface area contributed by atoms with Gasteiger partial charge in [0, 0.05) is 32.7 Å². The minimum atomic E-state index is -0.585. The standard InChI is InChI=1S/C41H34N4O5S2/c1-49-32-21-17-27(18-22-32)35-26-51-41(44-35)45-40(48)37(28-11-5-3-6-12-28)52-33-23-19-31(20-24-33)42-39(47)34(25-30-15-9-10-16-36(30)50-2)43-38(46)29-13-7-4-8-14-29/h3-26,37H,1-2H3,(H,42,47)(H,43,46)(H,44,45,48)/b34-25-. The van der Waals surface area contributed by atoms with E-state index in [0.717, 1.165) is 27.5 Å². The van der Waals surface area contributed by atoms with Crippen LogP contribution in [0.2, 0.25) is 0 Å². The summed E-state index contributed by atoms with van der Waals surface area (Å²) in [7, 11) is 3.16. The second-order valence-electron chi connectivity index (χ2n) is 11.3. The lowest BCUT2D eigenvalue weighted by Gasteiger charge is -2.17. The minimum absolute atomic E-state index is 0.0370. The van der Waals surface area contributed by atoms with Crippen molar-refractivity contribution in [2.24, 2.45) is 0 Å². The molecule has 260 valence electrons. The molecular formula is C41H34N4O5S2. The maximum Gasteiger partial charge on any atom is 0.272 e. The fraction of sp³-hybridized carbons (Fsp3) is 0.0732. The highest BCUT2D eigenvalue weighted by Gasteiger charge is 2.24. The highest BCUT2D eigenvalue weighted by atomic mass is 32.2. The van der Waals surface area contributed by atoms with E-state index in [1.807, 2.05) is 90.3 Å². The van der Waals surface area contributed by atoms with E-state index < -0.39 is 17.1 Å². The number of hydrogen-bond donors (Lipinski definition) is 3. The summed E-state index contributed by atoms with van der Waals surface area (Å²) in [5.74, 6) is 0.138. The van der Waals surface area contributed by atoms with Crippen molar-refractivity contribution in [2.75, 3.05) is 24.9 Å². The van der Waals surface area contributed by atoms with E-state index in [0.29, 0.717) is 27.7 Å². The number of benzene rings is 5. The molecule has 1 atom stereocenters. The summed E-state index contributed by atoms with van der Waals surface area (Å²) >= 11 is 2.73. The molecule has 3 amide bonds. The van der Waals surface area contributed by atoms with Crippen molar-refractivity contribution in [2.45, 2.75) is 10.1 Å². The van der Waals surface area contributed by atoms with Crippen molar-refractivity contribution in [1.29, 1.82) is 0 Å². The molecule has 0 aliphatic heterocycles. The highest BCUT2D eigenvalue weighted by Crippen LogP contribution is 2.37. The average Bonchev–Trinajstić information content (AvgIpc) is 3.66. The normalized spacial score (nSPS) is 11.6. The van der Waals surface area contributed by atoms with Crippen molar-refractivity contribution < 1.29 is 23.9 Å². The van der Waals surface area contributed by atoms with Crippen LogP contribution in [-0.2, 0) is 9.59 Å². The number of rotatable bonds is 13. The van der Waals surface area contributed by atoms with Crippen LogP contribution in [0.3, 0.4) is 0 Å². The van der Waals surface area contributed by atoms with E-state index in [4.69, 9.17) is 9.47 Å². The first kappa shape index (κ1) is 35.6. The van der Waals surface area contributed by atoms with Gasteiger partial charge in [0.2, 0.25) is 5.91 Å². The Labute approximate surface area is 309 Å². The number of carbonyl (C=O) groups excluding carboxylic acids is 3. The minimum Gasteiger partial charge on any atom is -0.497 e. The van der Waals surface area contributed by atoms with E-state index >= 15 is 0 Å². The average molecular weight is 727 g/mol. The zero-order valence-electron chi connectivity index (χ0n) is 28.2. The molecule has 0 bridgehead atoms. The third-order valence-electron chi connectivity index (χ3n) is 7.79. The van der Waals surface area contributed by atoms with Gasteiger partial charge in [0.1, 0.15) is 22.4 Å². The summed E-state index contributed by atoms with van der Waals surface area (Å²) in [5.41, 5.74) is 4.07. The Morgan fingerprint density at radius 3 is 2.12 bits per heavy atom. The van der Waals surface area contributed by atoms with Crippen molar-refractivity contribution >= 4 is 57.7 Å². The number of hydrogen-bond acceptors (Lipinski definition) is 8. The molecular weight excluding hydrogens is 693 g/mol. The van der Waals surface area contributed by atoms with E-state index in [1.54, 1.807) is 68.8 Å². The van der Waals surface area contributed by atoms with Gasteiger partial charge in [-0.1, -0.05) is 66.7 Å². The number of ether oxygens (including phenoxy) is 2. The lowest BCUT2D eigenvalue weighted by atomic mass is 10.1. The van der Waals surface area contributed by atoms with Gasteiger partial charge in [0.25, 0.3) is 11.8 Å². The Morgan fingerprint density at radius 1 is 0.750 bits per heavy atom. The number of thioether (sulfide) groups is 1. The SMILES string of the molecule is COc1ccc(-c2csc(NC(=O)C(Sc3ccc(NC(=O)/C(=C/c4ccccc4OC)NC(=O)c4ccccc4)cc3)c3ccccc3)n2)cc1. The molecule has 5 aromatic carbocycles. The molecule has 0 aliphatic carbocycles. The molecule has 6 rings (SSSR count). The fourth-order valence-corrected chi connectivity index (χ4v) is 6.88. The Morgan fingerprint density at radius 2 is 1.42 bits per heavy atom. The van der Waals surface area contributed by atoms with E-state index in [1.165, 1.54) is 23.1 Å². The molecule has 52 heavy (non-hydrogen) atoms. The molecule has 1 aromatic heterocycles. The van der Waals surface area contributed by atoms with Crippen LogP contribution in [0.15, 0.2) is 149 Å². The summed E-state index contributed by atoms with van der Waals surface area (Å²) in [6.45, 7) is 0. The molecule has 11 heteroatoms. The number of amides is 3. The lowest BCUT2D eigenvalue weighted by molar-refractivity contribution is -0.116. The molecule has 0 fully saturated rings. The predicted molar refractivity (Wildman–Crippen MR) is 208 cm³/mol. The molecule has 6 aromatic rings. The molecule has 0 saturated heterocycles. The van der Waals surface area contributed by atoms with Crippen LogP contribution in [0.4, 0.5) is 10.8 Å². The maximum absolute atomic E-state index is 13.7. The summed E-state index contributed by atoms with van der Waals surface area (Å²) in [6.07, 6.45) is 1.57. The van der Waals surface area contributed by atoms with Gasteiger partial charge in [-0.05, 0) is 78.4 Å². The number of nitrogens with zero attached hydrogens (tertiary/aromatic N) is 1. The number of thiazole rings is 1. The van der Waals surface area contributed by atoms with Crippen LogP contribution in [-0.4, -0.2) is 36.9 Å². The van der Waals surface area contributed by atoms with Crippen LogP contribution in [0.5, 0.6) is 11.5 Å². The van der Waals surface area contributed by atoms with Gasteiger partial charge in [-0.15, -0.1) is 23.1 Å². The van der Waals surface area contributed by atoms with E-state index in [2.05, 4.69) is 20.9 Å². The van der Waals surface area contributed by atoms with Gasteiger partial charge in [-0.3, -0.25) is 14.4 Å². The van der Waals surface area contributed by atoms with Gasteiger partial charge >= 0.3 is 0 Å². The van der Waals surface area contributed by atoms with Gasteiger partial charge < -0.3 is 25.4 Å². The quantitative estimate of drug-likeness (QED) is 0.0805. The smallest absolute Gasteiger partial charge is 0.272 e. The molecule has 9 nitrogen and oxygen atoms in total. The number of methoxy groups -OCH3 is 2. The maximum atomic E-state index is 13.7. The Hall–Kier alpha value is -6.17. The molecule has 0 radical (unpaired) electrons. The van der Waals surface area contributed by atoms with Crippen molar-refractivity contribution in [1.82, 2.24) is 10.3 Å². The first-order chi connectivity index (χ1) is 25.4. The van der Waals surface area contributed by atoms with E-state index in [-0.39, 0.29) is 11.6 Å². The van der Waals surface area contributed by atoms with Gasteiger partial charge in [-0.2, -0.15) is 0 Å². The Balaban J connectivity index is 1.17. The van der Waals surface area contributed by atoms with Crippen LogP contribution in [0.25, 0.3) is 17.3 Å². The van der Waals surface area contributed by atoms with Crippen molar-refractivity contribution in [3.63, 3.8) is 0 Å². The second kappa shape index (κ2) is 17.2. The zero-order valence-corrected chi connectivity index (χ0v) is 29.9. The summed E-state index contributed by atoms with van der Waals surface area (Å²) in [5, 5.41) is 10.4. The molecule has 3 N–H and O–H groups in total. The molecule has 1 unspecified atom stereocenters. The molecule has 1 heterocycles. The Kier molecular flexibility index (Phi) is 11.8. The molecule has 0 aliphatic rings. The summed E-state index contributed by atoms with van der Waals surface area (Å²) in [6, 6.07) is 40.1. The van der Waals surface area contributed by atoms with Gasteiger partial charge in [0.15, 0.2) is 5.13 Å². The topological polar surface area (TPSA) is 119 Å². The first-order valence-electron chi connectivity index (χ1n) is 16.1. The Bertz CT molecular complexity index is 2170. The molecule has 0 saturated carbocycles. The predicted octanol–water partition coefficient (Wildman–Crippen LogP) is 8.71. The third kappa shape index (κ3) is 9.13. The number of anilines is 2. The van der Waals surface area contributed by atoms with Gasteiger partial charge in [-0.25, -0.2) is 4.98 Å². The number of aromatic nitrogens is 1. The third-order valence-corrected chi connectivity index (χ3v) is 9.82. The molecule has 0 spiro atoms.